The van der Waals surface area contributed by atoms with Gasteiger partial charge in [0.15, 0.2) is 5.82 Å². The molecule has 0 aliphatic carbocycles. The summed E-state index contributed by atoms with van der Waals surface area (Å²) in [5.74, 6) is -1.45. The molecule has 1 aliphatic rings. The van der Waals surface area contributed by atoms with Gasteiger partial charge in [0.25, 0.3) is 5.91 Å². The molecule has 0 spiro atoms. The van der Waals surface area contributed by atoms with E-state index in [-0.39, 0.29) is 41.5 Å². The van der Waals surface area contributed by atoms with Crippen LogP contribution in [0.25, 0.3) is 11.4 Å². The number of nitrogens with one attached hydrogen (secondary N) is 1. The van der Waals surface area contributed by atoms with Crippen molar-refractivity contribution >= 4 is 17.3 Å². The van der Waals surface area contributed by atoms with Crippen molar-refractivity contribution in [2.75, 3.05) is 30.5 Å². The molecule has 2 aromatic carbocycles. The summed E-state index contributed by atoms with van der Waals surface area (Å²) in [4.78, 5) is 23.1. The van der Waals surface area contributed by atoms with Crippen LogP contribution in [0.15, 0.2) is 48.7 Å². The second-order valence-corrected chi connectivity index (χ2v) is 7.68. The number of carbonyl (C=O) groups is 1. The molecular weight excluding hydrogens is 432 g/mol. The number of aliphatic hydroxyl groups excluding tert-OH is 1. The van der Waals surface area contributed by atoms with E-state index in [4.69, 9.17) is 10.5 Å². The molecule has 33 heavy (non-hydrogen) atoms. The van der Waals surface area contributed by atoms with Crippen molar-refractivity contribution in [1.82, 2.24) is 9.97 Å². The van der Waals surface area contributed by atoms with Crippen LogP contribution in [0.5, 0.6) is 5.75 Å². The summed E-state index contributed by atoms with van der Waals surface area (Å²) in [7, 11) is 1.40. The van der Waals surface area contributed by atoms with E-state index in [0.717, 1.165) is 0 Å². The minimum absolute atomic E-state index is 0.0113. The quantitative estimate of drug-likeness (QED) is 0.524. The van der Waals surface area contributed by atoms with E-state index >= 15 is 0 Å². The van der Waals surface area contributed by atoms with Crippen molar-refractivity contribution in [3.8, 4) is 17.1 Å². The number of ether oxygens (including phenoxy) is 1. The molecule has 1 aromatic heterocycles. The number of hydrogen-bond donors (Lipinski definition) is 3. The van der Waals surface area contributed by atoms with Crippen LogP contribution in [0.2, 0.25) is 0 Å². The smallest absolute Gasteiger partial charge is 0.274 e. The van der Waals surface area contributed by atoms with Crippen LogP contribution in [0.4, 0.5) is 20.2 Å². The van der Waals surface area contributed by atoms with Gasteiger partial charge in [-0.15, -0.1) is 0 Å². The first-order valence-corrected chi connectivity index (χ1v) is 10.3. The highest BCUT2D eigenvalue weighted by atomic mass is 19.1. The van der Waals surface area contributed by atoms with Gasteiger partial charge in [0, 0.05) is 18.8 Å². The molecule has 1 unspecified atom stereocenters. The number of anilines is 2. The fourth-order valence-corrected chi connectivity index (χ4v) is 3.95. The van der Waals surface area contributed by atoms with Gasteiger partial charge in [-0.2, -0.15) is 0 Å². The van der Waals surface area contributed by atoms with Crippen molar-refractivity contribution in [3.05, 3.63) is 66.0 Å². The van der Waals surface area contributed by atoms with Gasteiger partial charge in [-0.1, -0.05) is 6.07 Å². The molecule has 0 bridgehead atoms. The van der Waals surface area contributed by atoms with Crippen molar-refractivity contribution in [2.45, 2.75) is 18.5 Å². The number of amides is 1. The van der Waals surface area contributed by atoms with Crippen LogP contribution in [-0.2, 0) is 0 Å². The lowest BCUT2D eigenvalue weighted by Crippen LogP contribution is -2.33. The summed E-state index contributed by atoms with van der Waals surface area (Å²) in [5, 5.41) is 12.4. The Kier molecular flexibility index (Phi) is 6.47. The highest BCUT2D eigenvalue weighted by Crippen LogP contribution is 2.33. The van der Waals surface area contributed by atoms with Gasteiger partial charge in [-0.05, 0) is 42.8 Å². The zero-order valence-electron chi connectivity index (χ0n) is 17.8. The molecule has 2 atom stereocenters. The maximum atomic E-state index is 14.4. The van der Waals surface area contributed by atoms with Crippen molar-refractivity contribution in [3.63, 3.8) is 0 Å². The summed E-state index contributed by atoms with van der Waals surface area (Å²) in [6.45, 7) is 0.250. The first-order valence-electron chi connectivity index (χ1n) is 10.3. The predicted octanol–water partition coefficient (Wildman–Crippen LogP) is 2.58. The topological polar surface area (TPSA) is 114 Å². The summed E-state index contributed by atoms with van der Waals surface area (Å²) >= 11 is 0. The summed E-state index contributed by atoms with van der Waals surface area (Å²) < 4.78 is 33.7. The maximum absolute atomic E-state index is 14.4. The molecule has 0 radical (unpaired) electrons. The molecule has 10 heteroatoms. The first-order chi connectivity index (χ1) is 15.9. The highest BCUT2D eigenvalue weighted by molar-refractivity contribution is 6.05. The van der Waals surface area contributed by atoms with E-state index < -0.39 is 17.5 Å². The van der Waals surface area contributed by atoms with Crippen LogP contribution in [0.1, 0.15) is 16.9 Å². The number of rotatable bonds is 6. The van der Waals surface area contributed by atoms with Crippen molar-refractivity contribution < 1.29 is 23.4 Å². The van der Waals surface area contributed by atoms with E-state index in [2.05, 4.69) is 15.3 Å². The number of benzene rings is 2. The van der Waals surface area contributed by atoms with E-state index in [1.54, 1.807) is 11.0 Å². The van der Waals surface area contributed by atoms with Gasteiger partial charge >= 0.3 is 0 Å². The average Bonchev–Trinajstić information content (AvgIpc) is 3.20. The zero-order valence-corrected chi connectivity index (χ0v) is 17.8. The minimum Gasteiger partial charge on any atom is -0.496 e. The average molecular weight is 455 g/mol. The monoisotopic (exact) mass is 455 g/mol. The van der Waals surface area contributed by atoms with Crippen LogP contribution in [-0.4, -0.2) is 53.3 Å². The van der Waals surface area contributed by atoms with Crippen LogP contribution >= 0.6 is 0 Å². The third-order valence-corrected chi connectivity index (χ3v) is 5.48. The normalized spacial score (nSPS) is 17.8. The van der Waals surface area contributed by atoms with Crippen molar-refractivity contribution in [1.29, 1.82) is 0 Å². The van der Waals surface area contributed by atoms with E-state index in [1.807, 2.05) is 0 Å². The van der Waals surface area contributed by atoms with Gasteiger partial charge in [0.05, 0.1) is 36.7 Å². The number of aliphatic hydroxyl groups is 1. The second-order valence-electron chi connectivity index (χ2n) is 7.68. The Morgan fingerprint density at radius 3 is 2.88 bits per heavy atom. The fourth-order valence-electron chi connectivity index (χ4n) is 3.95. The molecule has 1 amide bonds. The Morgan fingerprint density at radius 1 is 1.30 bits per heavy atom. The van der Waals surface area contributed by atoms with Gasteiger partial charge in [0.1, 0.15) is 23.1 Å². The molecule has 1 saturated heterocycles. The molecule has 3 aromatic rings. The number of nitrogens with two attached hydrogens (primary N) is 1. The number of methoxy groups -OCH3 is 1. The van der Waals surface area contributed by atoms with Gasteiger partial charge in [-0.25, -0.2) is 18.7 Å². The Labute approximate surface area is 189 Å². The summed E-state index contributed by atoms with van der Waals surface area (Å²) in [5.41, 5.74) is 6.78. The maximum Gasteiger partial charge on any atom is 0.274 e. The van der Waals surface area contributed by atoms with E-state index in [1.165, 1.54) is 49.7 Å². The molecule has 0 saturated carbocycles. The van der Waals surface area contributed by atoms with E-state index in [9.17, 15) is 18.7 Å². The highest BCUT2D eigenvalue weighted by Gasteiger charge is 2.31. The lowest BCUT2D eigenvalue weighted by atomic mass is 10.1. The molecule has 2 heterocycles. The lowest BCUT2D eigenvalue weighted by Gasteiger charge is -2.27. The van der Waals surface area contributed by atoms with Crippen LogP contribution in [0, 0.1) is 11.6 Å². The summed E-state index contributed by atoms with van der Waals surface area (Å²) in [6, 6.07) is 9.15. The number of halogens is 2. The minimum atomic E-state index is -0.592. The van der Waals surface area contributed by atoms with Crippen molar-refractivity contribution in [2.24, 2.45) is 5.73 Å². The standard InChI is InChI=1S/C23H23F2N5O3/c1-33-20-4-2-3-16(25)21(20)22-27-8-7-18(28-22)23(32)29-17-6-5-13(24)9-19(17)30-11-14(26)10-15(30)12-31/h2-9,14-15,31H,10-12,26H2,1H3,(H,29,32)/t14-,15?/m0/s1. The Morgan fingerprint density at radius 2 is 2.12 bits per heavy atom. The zero-order chi connectivity index (χ0) is 23.5. The molecule has 172 valence electrons. The van der Waals surface area contributed by atoms with Crippen LogP contribution in [0.3, 0.4) is 0 Å². The third kappa shape index (κ3) is 4.62. The van der Waals surface area contributed by atoms with Crippen LogP contribution < -0.4 is 20.7 Å². The molecule has 8 nitrogen and oxygen atoms in total. The third-order valence-electron chi connectivity index (χ3n) is 5.48. The number of hydrogen-bond acceptors (Lipinski definition) is 7. The molecular formula is C23H23F2N5O3. The van der Waals surface area contributed by atoms with Gasteiger partial charge in [0.2, 0.25) is 0 Å². The predicted molar refractivity (Wildman–Crippen MR) is 119 cm³/mol. The Hall–Kier alpha value is -3.63. The second kappa shape index (κ2) is 9.47. The molecule has 1 aliphatic heterocycles. The lowest BCUT2D eigenvalue weighted by molar-refractivity contribution is 0.102. The number of carbonyl (C=O) groups excluding carboxylic acids is 1. The van der Waals surface area contributed by atoms with Gasteiger partial charge in [-0.3, -0.25) is 4.79 Å². The molecule has 1 fully saturated rings. The first kappa shape index (κ1) is 22.6. The Bertz CT molecular complexity index is 1180. The summed E-state index contributed by atoms with van der Waals surface area (Å²) in [6.07, 6.45) is 1.89. The molecule has 4 rings (SSSR count). The number of aromatic nitrogens is 2. The Balaban J connectivity index is 1.65. The van der Waals surface area contributed by atoms with Gasteiger partial charge < -0.3 is 25.8 Å². The molecule has 4 N–H and O–H groups in total. The fraction of sp³-hybridized carbons (Fsp3) is 0.261. The SMILES string of the molecule is COc1cccc(F)c1-c1nccc(C(=O)Nc2ccc(F)cc2N2C[C@@H](N)CC2CO)n1. The largest absolute Gasteiger partial charge is 0.496 e. The number of nitrogens with zero attached hydrogens (tertiary/aromatic N) is 3. The van der Waals surface area contributed by atoms with E-state index in [0.29, 0.717) is 24.3 Å².